The summed E-state index contributed by atoms with van der Waals surface area (Å²) < 4.78 is 11.5. The van der Waals surface area contributed by atoms with Crippen LogP contribution >= 0.6 is 0 Å². The van der Waals surface area contributed by atoms with E-state index in [9.17, 15) is 4.79 Å². The Morgan fingerprint density at radius 2 is 1.71 bits per heavy atom. The topological polar surface area (TPSA) is 35.5 Å². The fraction of sp³-hybridized carbons (Fsp3) is 0.824. The van der Waals surface area contributed by atoms with Crippen molar-refractivity contribution < 1.29 is 14.0 Å². The van der Waals surface area contributed by atoms with Crippen LogP contribution in [0.25, 0.3) is 0 Å². The van der Waals surface area contributed by atoms with Gasteiger partial charge in [0.2, 0.25) is 0 Å². The number of carbonyl (C=O) groups is 1. The predicted octanol–water partition coefficient (Wildman–Crippen LogP) is 4.79. The lowest BCUT2D eigenvalue weighted by Gasteiger charge is -2.42. The Bertz CT molecular complexity index is 354. The number of ether oxygens (including phenoxy) is 1. The number of rotatable bonds is 7. The Morgan fingerprint density at radius 3 is 2.10 bits per heavy atom. The molecular formula is C17H34O3Si. The van der Waals surface area contributed by atoms with E-state index in [0.29, 0.717) is 12.5 Å². The van der Waals surface area contributed by atoms with Crippen molar-refractivity contribution in [2.45, 2.75) is 72.7 Å². The first-order valence-corrected chi connectivity index (χ1v) is 10.9. The normalized spacial score (nSPS) is 16.3. The summed E-state index contributed by atoms with van der Waals surface area (Å²) in [7, 11) is -1.82. The van der Waals surface area contributed by atoms with Crippen LogP contribution < -0.4 is 0 Å². The monoisotopic (exact) mass is 314 g/mol. The molecule has 0 unspecified atom stereocenters. The summed E-state index contributed by atoms with van der Waals surface area (Å²) in [4.78, 5) is 11.4. The number of hydrogen-bond donors (Lipinski definition) is 0. The second-order valence-electron chi connectivity index (χ2n) is 7.56. The molecule has 21 heavy (non-hydrogen) atoms. The third-order valence-electron chi connectivity index (χ3n) is 4.23. The van der Waals surface area contributed by atoms with Gasteiger partial charge in [-0.3, -0.25) is 0 Å². The highest BCUT2D eigenvalue weighted by atomic mass is 28.4. The van der Waals surface area contributed by atoms with Gasteiger partial charge in [0, 0.05) is 6.08 Å². The SMILES string of the molecule is CCOC(=O)/C=C/[C@@H](C)[C@H](O[Si](C)(C)C(C)(C)C)C(C)C. The quantitative estimate of drug-likeness (QED) is 0.385. The molecule has 0 bridgehead atoms. The number of carbonyl (C=O) groups excluding carboxylic acids is 1. The summed E-state index contributed by atoms with van der Waals surface area (Å²) in [5.74, 6) is 0.309. The average Bonchev–Trinajstić information content (AvgIpc) is 2.31. The third-order valence-corrected chi connectivity index (χ3v) is 8.71. The van der Waals surface area contributed by atoms with Crippen LogP contribution in [0.3, 0.4) is 0 Å². The smallest absolute Gasteiger partial charge is 0.330 e. The maximum atomic E-state index is 11.4. The summed E-state index contributed by atoms with van der Waals surface area (Å²) in [6.45, 7) is 19.9. The van der Waals surface area contributed by atoms with Crippen molar-refractivity contribution in [3.05, 3.63) is 12.2 Å². The van der Waals surface area contributed by atoms with Crippen molar-refractivity contribution in [1.82, 2.24) is 0 Å². The van der Waals surface area contributed by atoms with Crippen LogP contribution in [0.5, 0.6) is 0 Å². The second kappa shape index (κ2) is 8.13. The van der Waals surface area contributed by atoms with Crippen LogP contribution in [-0.2, 0) is 14.0 Å². The molecule has 0 radical (unpaired) electrons. The van der Waals surface area contributed by atoms with Crippen LogP contribution in [0, 0.1) is 11.8 Å². The molecule has 0 N–H and O–H groups in total. The minimum absolute atomic E-state index is 0.122. The van der Waals surface area contributed by atoms with Crippen molar-refractivity contribution in [2.75, 3.05) is 6.61 Å². The molecule has 0 heterocycles. The molecule has 0 aromatic rings. The first kappa shape index (κ1) is 20.4. The molecule has 0 amide bonds. The van der Waals surface area contributed by atoms with Gasteiger partial charge in [0.15, 0.2) is 8.32 Å². The summed E-state index contributed by atoms with van der Waals surface area (Å²) in [5, 5.41) is 0.185. The van der Waals surface area contributed by atoms with Crippen LogP contribution in [-0.4, -0.2) is 27.0 Å². The summed E-state index contributed by atoms with van der Waals surface area (Å²) >= 11 is 0. The molecule has 0 rings (SSSR count). The van der Waals surface area contributed by atoms with Crippen molar-refractivity contribution in [1.29, 1.82) is 0 Å². The maximum absolute atomic E-state index is 11.4. The minimum Gasteiger partial charge on any atom is -0.463 e. The molecular weight excluding hydrogens is 280 g/mol. The van der Waals surface area contributed by atoms with Crippen molar-refractivity contribution in [2.24, 2.45) is 11.8 Å². The lowest BCUT2D eigenvalue weighted by Crippen LogP contribution is -2.46. The number of esters is 1. The van der Waals surface area contributed by atoms with E-state index in [1.165, 1.54) is 6.08 Å². The molecule has 0 saturated carbocycles. The van der Waals surface area contributed by atoms with Gasteiger partial charge in [0.05, 0.1) is 12.7 Å². The van der Waals surface area contributed by atoms with Crippen molar-refractivity contribution in [3.63, 3.8) is 0 Å². The van der Waals surface area contributed by atoms with E-state index < -0.39 is 8.32 Å². The highest BCUT2D eigenvalue weighted by Crippen LogP contribution is 2.39. The van der Waals surface area contributed by atoms with Crippen molar-refractivity contribution in [3.8, 4) is 0 Å². The molecule has 3 nitrogen and oxygen atoms in total. The van der Waals surface area contributed by atoms with Gasteiger partial charge in [-0.25, -0.2) is 4.79 Å². The van der Waals surface area contributed by atoms with Gasteiger partial charge in [-0.15, -0.1) is 0 Å². The van der Waals surface area contributed by atoms with E-state index in [4.69, 9.17) is 9.16 Å². The number of hydrogen-bond acceptors (Lipinski definition) is 3. The predicted molar refractivity (Wildman–Crippen MR) is 91.8 cm³/mol. The maximum Gasteiger partial charge on any atom is 0.330 e. The first-order chi connectivity index (χ1) is 9.42. The second-order valence-corrected chi connectivity index (χ2v) is 12.3. The fourth-order valence-electron chi connectivity index (χ4n) is 1.90. The zero-order chi connectivity index (χ0) is 16.8. The molecule has 0 aliphatic rings. The molecule has 0 aromatic heterocycles. The van der Waals surface area contributed by atoms with Gasteiger partial charge in [-0.1, -0.05) is 47.6 Å². The molecule has 2 atom stereocenters. The average molecular weight is 315 g/mol. The van der Waals surface area contributed by atoms with E-state index in [1.807, 2.05) is 13.0 Å². The Kier molecular flexibility index (Phi) is 7.90. The Morgan fingerprint density at radius 1 is 1.19 bits per heavy atom. The molecule has 0 aromatic carbocycles. The van der Waals surface area contributed by atoms with E-state index in [2.05, 4.69) is 54.6 Å². The molecule has 124 valence electrons. The van der Waals surface area contributed by atoms with Crippen LogP contribution in [0.4, 0.5) is 0 Å². The van der Waals surface area contributed by atoms with Crippen molar-refractivity contribution >= 4 is 14.3 Å². The van der Waals surface area contributed by atoms with Gasteiger partial charge in [0.1, 0.15) is 0 Å². The van der Waals surface area contributed by atoms with E-state index in [0.717, 1.165) is 0 Å². The molecule has 0 fully saturated rings. The third kappa shape index (κ3) is 6.79. The summed E-state index contributed by atoms with van der Waals surface area (Å²) in [6, 6.07) is 0. The van der Waals surface area contributed by atoms with Crippen LogP contribution in [0.15, 0.2) is 12.2 Å². The highest BCUT2D eigenvalue weighted by molar-refractivity contribution is 6.74. The van der Waals surface area contributed by atoms with Gasteiger partial charge >= 0.3 is 5.97 Å². The summed E-state index contributed by atoms with van der Waals surface area (Å²) in [6.07, 6.45) is 3.56. The van der Waals surface area contributed by atoms with Gasteiger partial charge in [0.25, 0.3) is 0 Å². The van der Waals surface area contributed by atoms with Crippen LogP contribution in [0.1, 0.15) is 48.5 Å². The summed E-state index contributed by atoms with van der Waals surface area (Å²) in [5.41, 5.74) is 0. The standard InChI is InChI=1S/C17H34O3Si/c1-10-19-15(18)12-11-14(4)16(13(2)3)20-21(8,9)17(5,6)7/h11-14,16H,10H2,1-9H3/b12-11+/t14-,16-/m1/s1. The molecule has 0 saturated heterocycles. The molecule has 0 aliphatic heterocycles. The minimum atomic E-state index is -1.82. The largest absolute Gasteiger partial charge is 0.463 e. The zero-order valence-corrected chi connectivity index (χ0v) is 16.3. The molecule has 0 spiro atoms. The Hall–Kier alpha value is -0.613. The molecule has 0 aliphatic carbocycles. The first-order valence-electron chi connectivity index (χ1n) is 7.95. The van der Waals surface area contributed by atoms with Crippen LogP contribution in [0.2, 0.25) is 18.1 Å². The van der Waals surface area contributed by atoms with E-state index in [1.54, 1.807) is 0 Å². The lowest BCUT2D eigenvalue weighted by molar-refractivity contribution is -0.137. The van der Waals surface area contributed by atoms with E-state index in [-0.39, 0.29) is 23.0 Å². The highest BCUT2D eigenvalue weighted by Gasteiger charge is 2.40. The zero-order valence-electron chi connectivity index (χ0n) is 15.3. The fourth-order valence-corrected chi connectivity index (χ4v) is 3.42. The van der Waals surface area contributed by atoms with Gasteiger partial charge < -0.3 is 9.16 Å². The lowest BCUT2D eigenvalue weighted by atomic mass is 9.94. The Balaban J connectivity index is 4.96. The van der Waals surface area contributed by atoms with Gasteiger partial charge in [-0.05, 0) is 36.9 Å². The van der Waals surface area contributed by atoms with Gasteiger partial charge in [-0.2, -0.15) is 0 Å². The Labute approximate surface area is 132 Å². The molecule has 4 heteroatoms. The van der Waals surface area contributed by atoms with E-state index >= 15 is 0 Å².